The van der Waals surface area contributed by atoms with E-state index in [0.717, 1.165) is 22.2 Å². The number of fused-ring (bicyclic) bond motifs is 1. The van der Waals surface area contributed by atoms with Crippen LogP contribution in [0.3, 0.4) is 0 Å². The topological polar surface area (TPSA) is 63.3 Å². The quantitative estimate of drug-likeness (QED) is 0.785. The monoisotopic (exact) mass is 295 g/mol. The Labute approximate surface area is 128 Å². The van der Waals surface area contributed by atoms with E-state index in [1.165, 1.54) is 0 Å². The zero-order valence-electron chi connectivity index (χ0n) is 12.5. The average molecular weight is 295 g/mol. The number of oxazole rings is 1. The van der Waals surface area contributed by atoms with Gasteiger partial charge in [0.15, 0.2) is 5.58 Å². The van der Waals surface area contributed by atoms with Gasteiger partial charge in [0.2, 0.25) is 5.89 Å². The Morgan fingerprint density at radius 2 is 1.82 bits per heavy atom. The average Bonchev–Trinajstić information content (AvgIpc) is 2.91. The fourth-order valence-corrected chi connectivity index (χ4v) is 2.42. The zero-order chi connectivity index (χ0) is 15.7. The highest BCUT2D eigenvalue weighted by Gasteiger charge is 2.29. The summed E-state index contributed by atoms with van der Waals surface area (Å²) in [6.07, 6.45) is 0.414. The summed E-state index contributed by atoms with van der Waals surface area (Å²) in [5.74, 6) is -0.294. The number of para-hydroxylation sites is 2. The van der Waals surface area contributed by atoms with Gasteiger partial charge in [-0.05, 0) is 44.0 Å². The van der Waals surface area contributed by atoms with Crippen LogP contribution in [0.5, 0.6) is 0 Å². The fourth-order valence-electron chi connectivity index (χ4n) is 2.42. The summed E-state index contributed by atoms with van der Waals surface area (Å²) >= 11 is 0. The number of hydrogen-bond acceptors (Lipinski definition) is 3. The molecule has 112 valence electrons. The molecule has 0 bridgehead atoms. The van der Waals surface area contributed by atoms with Crippen molar-refractivity contribution >= 4 is 17.1 Å². The molecule has 0 saturated heterocycles. The van der Waals surface area contributed by atoms with Crippen molar-refractivity contribution in [2.75, 3.05) is 0 Å². The molecule has 4 heteroatoms. The molecule has 0 atom stereocenters. The van der Waals surface area contributed by atoms with Crippen LogP contribution in [0.1, 0.15) is 19.4 Å². The first-order valence-electron chi connectivity index (χ1n) is 7.15. The van der Waals surface area contributed by atoms with E-state index in [4.69, 9.17) is 4.42 Å². The van der Waals surface area contributed by atoms with Crippen molar-refractivity contribution in [3.05, 3.63) is 54.1 Å². The molecule has 3 aromatic rings. The van der Waals surface area contributed by atoms with Crippen LogP contribution < -0.4 is 0 Å². The second-order valence-corrected chi connectivity index (χ2v) is 6.01. The van der Waals surface area contributed by atoms with Crippen molar-refractivity contribution in [2.24, 2.45) is 5.41 Å². The largest absolute Gasteiger partial charge is 0.481 e. The van der Waals surface area contributed by atoms with Gasteiger partial charge < -0.3 is 9.52 Å². The molecule has 0 fully saturated rings. The summed E-state index contributed by atoms with van der Waals surface area (Å²) in [5.41, 5.74) is 2.44. The summed E-state index contributed by atoms with van der Waals surface area (Å²) in [7, 11) is 0. The molecule has 0 unspecified atom stereocenters. The molecular formula is C18H17NO3. The third-order valence-electron chi connectivity index (χ3n) is 3.75. The SMILES string of the molecule is CC(C)(Cc1ccccc1-c1nc2ccccc2o1)C(=O)O. The fraction of sp³-hybridized carbons (Fsp3) is 0.222. The normalized spacial score (nSPS) is 11.7. The summed E-state index contributed by atoms with van der Waals surface area (Å²) in [5, 5.41) is 9.34. The maximum Gasteiger partial charge on any atom is 0.309 e. The number of hydrogen-bond donors (Lipinski definition) is 1. The molecular weight excluding hydrogens is 278 g/mol. The highest BCUT2D eigenvalue weighted by Crippen LogP contribution is 2.31. The molecule has 4 nitrogen and oxygen atoms in total. The van der Waals surface area contributed by atoms with Crippen LogP contribution in [0.15, 0.2) is 52.9 Å². The summed E-state index contributed by atoms with van der Waals surface area (Å²) in [6, 6.07) is 15.2. The van der Waals surface area contributed by atoms with Gasteiger partial charge in [-0.15, -0.1) is 0 Å². The van der Waals surface area contributed by atoms with Gasteiger partial charge in [-0.25, -0.2) is 4.98 Å². The molecule has 22 heavy (non-hydrogen) atoms. The molecule has 1 N–H and O–H groups in total. The van der Waals surface area contributed by atoms with Crippen LogP contribution in [-0.4, -0.2) is 16.1 Å². The second kappa shape index (κ2) is 5.30. The number of carboxylic acids is 1. The third-order valence-corrected chi connectivity index (χ3v) is 3.75. The number of aliphatic carboxylic acids is 1. The molecule has 0 aliphatic carbocycles. The third kappa shape index (κ3) is 2.60. The van der Waals surface area contributed by atoms with Gasteiger partial charge in [0.1, 0.15) is 5.52 Å². The summed E-state index contributed by atoms with van der Waals surface area (Å²) in [6.45, 7) is 3.44. The zero-order valence-corrected chi connectivity index (χ0v) is 12.5. The lowest BCUT2D eigenvalue weighted by molar-refractivity contribution is -0.146. The molecule has 3 rings (SSSR count). The highest BCUT2D eigenvalue weighted by molar-refractivity contribution is 5.77. The van der Waals surface area contributed by atoms with E-state index in [1.54, 1.807) is 13.8 Å². The highest BCUT2D eigenvalue weighted by atomic mass is 16.4. The van der Waals surface area contributed by atoms with Crippen molar-refractivity contribution in [3.63, 3.8) is 0 Å². The van der Waals surface area contributed by atoms with Crippen molar-refractivity contribution in [2.45, 2.75) is 20.3 Å². The van der Waals surface area contributed by atoms with E-state index in [0.29, 0.717) is 12.3 Å². The first kappa shape index (κ1) is 14.3. The van der Waals surface area contributed by atoms with Gasteiger partial charge in [-0.3, -0.25) is 4.79 Å². The maximum atomic E-state index is 11.4. The standard InChI is InChI=1S/C18H17NO3/c1-18(2,17(20)21)11-12-7-3-4-8-13(12)16-19-14-9-5-6-10-15(14)22-16/h3-10H,11H2,1-2H3,(H,20,21). The lowest BCUT2D eigenvalue weighted by Crippen LogP contribution is -2.26. The predicted molar refractivity (Wildman–Crippen MR) is 84.6 cm³/mol. The molecule has 0 amide bonds. The number of nitrogens with zero attached hydrogens (tertiary/aromatic N) is 1. The van der Waals surface area contributed by atoms with Crippen LogP contribution in [0.4, 0.5) is 0 Å². The predicted octanol–water partition coefficient (Wildman–Crippen LogP) is 4.15. The van der Waals surface area contributed by atoms with Gasteiger partial charge >= 0.3 is 5.97 Å². The summed E-state index contributed by atoms with van der Waals surface area (Å²) < 4.78 is 5.81. The molecule has 0 saturated carbocycles. The minimum Gasteiger partial charge on any atom is -0.481 e. The number of rotatable bonds is 4. The van der Waals surface area contributed by atoms with Gasteiger partial charge in [0, 0.05) is 5.56 Å². The van der Waals surface area contributed by atoms with Gasteiger partial charge in [0.05, 0.1) is 5.41 Å². The Morgan fingerprint density at radius 3 is 2.55 bits per heavy atom. The first-order chi connectivity index (χ1) is 10.5. The van der Waals surface area contributed by atoms with Crippen LogP contribution in [-0.2, 0) is 11.2 Å². The maximum absolute atomic E-state index is 11.4. The first-order valence-corrected chi connectivity index (χ1v) is 7.15. The Hall–Kier alpha value is -2.62. The van der Waals surface area contributed by atoms with E-state index in [2.05, 4.69) is 4.98 Å². The van der Waals surface area contributed by atoms with Crippen LogP contribution in [0, 0.1) is 5.41 Å². The van der Waals surface area contributed by atoms with Gasteiger partial charge in [0.25, 0.3) is 0 Å². The number of aromatic nitrogens is 1. The number of carbonyl (C=O) groups is 1. The Morgan fingerprint density at radius 1 is 1.14 bits per heavy atom. The van der Waals surface area contributed by atoms with Gasteiger partial charge in [-0.2, -0.15) is 0 Å². The molecule has 0 spiro atoms. The molecule has 0 aliphatic heterocycles. The molecule has 0 aliphatic rings. The van der Waals surface area contributed by atoms with Crippen molar-refractivity contribution in [1.29, 1.82) is 0 Å². The number of benzene rings is 2. The Bertz CT molecular complexity index is 800. The van der Waals surface area contributed by atoms with E-state index in [1.807, 2.05) is 48.5 Å². The molecule has 1 aromatic heterocycles. The smallest absolute Gasteiger partial charge is 0.309 e. The van der Waals surface area contributed by atoms with Crippen molar-refractivity contribution in [1.82, 2.24) is 4.98 Å². The molecule has 1 heterocycles. The van der Waals surface area contributed by atoms with Crippen molar-refractivity contribution in [3.8, 4) is 11.5 Å². The van der Waals surface area contributed by atoms with E-state index >= 15 is 0 Å². The van der Waals surface area contributed by atoms with Crippen molar-refractivity contribution < 1.29 is 14.3 Å². The van der Waals surface area contributed by atoms with E-state index in [9.17, 15) is 9.90 Å². The van der Waals surface area contributed by atoms with Crippen LogP contribution in [0.25, 0.3) is 22.6 Å². The second-order valence-electron chi connectivity index (χ2n) is 6.01. The van der Waals surface area contributed by atoms with Gasteiger partial charge in [-0.1, -0.05) is 30.3 Å². The molecule has 0 radical (unpaired) electrons. The Kier molecular flexibility index (Phi) is 3.45. The molecule has 2 aromatic carbocycles. The van der Waals surface area contributed by atoms with E-state index in [-0.39, 0.29) is 0 Å². The summed E-state index contributed by atoms with van der Waals surface area (Å²) in [4.78, 5) is 15.9. The number of carboxylic acid groups (broad SMARTS) is 1. The lowest BCUT2D eigenvalue weighted by atomic mass is 9.84. The van der Waals surface area contributed by atoms with Crippen LogP contribution in [0.2, 0.25) is 0 Å². The Balaban J connectivity index is 2.06. The van der Waals surface area contributed by atoms with E-state index < -0.39 is 11.4 Å². The minimum atomic E-state index is -0.845. The van der Waals surface area contributed by atoms with Crippen LogP contribution >= 0.6 is 0 Å². The minimum absolute atomic E-state index is 0.414. The lowest BCUT2D eigenvalue weighted by Gasteiger charge is -2.20.